The molecule has 0 N–H and O–H groups in total. The summed E-state index contributed by atoms with van der Waals surface area (Å²) in [5.74, 6) is 0.824. The fourth-order valence-corrected chi connectivity index (χ4v) is 1.65. The summed E-state index contributed by atoms with van der Waals surface area (Å²) in [4.78, 5) is 2.44. The van der Waals surface area contributed by atoms with Gasteiger partial charge >= 0.3 is 0 Å². The molecule has 0 aromatic heterocycles. The molecule has 0 amide bonds. The quantitative estimate of drug-likeness (QED) is 0.550. The molecule has 13 heavy (non-hydrogen) atoms. The molecule has 2 nitrogen and oxygen atoms in total. The Kier molecular flexibility index (Phi) is 4.29. The van der Waals surface area contributed by atoms with E-state index in [1.165, 1.54) is 0 Å². The number of thiol groups is 1. The largest absolute Gasteiger partial charge is 0.378 e. The first-order valence-corrected chi connectivity index (χ1v) is 5.39. The summed E-state index contributed by atoms with van der Waals surface area (Å²) in [6.07, 6.45) is 4.27. The number of rotatable bonds is 3. The monoisotopic (exact) mass is 201 g/mol. The van der Waals surface area contributed by atoms with Crippen molar-refractivity contribution in [2.24, 2.45) is 0 Å². The van der Waals surface area contributed by atoms with E-state index in [1.807, 2.05) is 0 Å². The van der Waals surface area contributed by atoms with Crippen LogP contribution < -0.4 is 0 Å². The van der Waals surface area contributed by atoms with Crippen LogP contribution in [-0.2, 0) is 4.74 Å². The first-order valence-electron chi connectivity index (χ1n) is 4.75. The van der Waals surface area contributed by atoms with Crippen molar-refractivity contribution in [2.75, 3.05) is 32.1 Å². The van der Waals surface area contributed by atoms with E-state index in [4.69, 9.17) is 4.74 Å². The van der Waals surface area contributed by atoms with Crippen LogP contribution in [0.15, 0.2) is 12.2 Å². The maximum Gasteiger partial charge on any atom is 0.0645 e. The first-order chi connectivity index (χ1) is 6.17. The van der Waals surface area contributed by atoms with Crippen molar-refractivity contribution >= 4 is 12.6 Å². The molecule has 1 rings (SSSR count). The minimum atomic E-state index is 0.180. The van der Waals surface area contributed by atoms with Crippen molar-refractivity contribution in [2.45, 2.75) is 19.4 Å². The third-order valence-electron chi connectivity index (χ3n) is 2.41. The third-order valence-corrected chi connectivity index (χ3v) is 2.63. The van der Waals surface area contributed by atoms with Crippen LogP contribution in [0.25, 0.3) is 0 Å². The van der Waals surface area contributed by atoms with Crippen molar-refractivity contribution in [1.82, 2.24) is 4.90 Å². The molecular weight excluding hydrogens is 182 g/mol. The van der Waals surface area contributed by atoms with Gasteiger partial charge in [0, 0.05) is 24.4 Å². The predicted molar refractivity (Wildman–Crippen MR) is 59.5 cm³/mol. The molecule has 0 aromatic rings. The van der Waals surface area contributed by atoms with Crippen molar-refractivity contribution in [3.63, 3.8) is 0 Å². The highest BCUT2D eigenvalue weighted by Gasteiger charge is 2.29. The fraction of sp³-hybridized carbons (Fsp3) is 0.800. The van der Waals surface area contributed by atoms with E-state index in [2.05, 4.69) is 43.5 Å². The Balaban J connectivity index is 2.41. The highest BCUT2D eigenvalue weighted by molar-refractivity contribution is 7.80. The molecule has 1 aliphatic rings. The first kappa shape index (κ1) is 11.1. The smallest absolute Gasteiger partial charge is 0.0645 e. The van der Waals surface area contributed by atoms with E-state index < -0.39 is 0 Å². The van der Waals surface area contributed by atoms with E-state index in [9.17, 15) is 0 Å². The maximum absolute atomic E-state index is 5.44. The van der Waals surface area contributed by atoms with Gasteiger partial charge in [-0.15, -0.1) is 0 Å². The van der Waals surface area contributed by atoms with Gasteiger partial charge in [-0.2, -0.15) is 12.6 Å². The standard InChI is InChI=1S/C10H19NOS/c1-10(2)9-12-7-6-11(10)5-3-4-8-13/h3-4,13H,5-9H2,1-2H3/b4-3+. The molecule has 76 valence electrons. The Hall–Kier alpha value is 0.01000. The lowest BCUT2D eigenvalue weighted by atomic mass is 10.0. The van der Waals surface area contributed by atoms with Crippen LogP contribution in [-0.4, -0.2) is 42.5 Å². The number of morpholine rings is 1. The average Bonchev–Trinajstić information content (AvgIpc) is 2.08. The lowest BCUT2D eigenvalue weighted by Crippen LogP contribution is -2.52. The highest BCUT2D eigenvalue weighted by Crippen LogP contribution is 2.18. The van der Waals surface area contributed by atoms with E-state index in [1.54, 1.807) is 0 Å². The molecule has 1 saturated heterocycles. The van der Waals surface area contributed by atoms with Crippen molar-refractivity contribution in [1.29, 1.82) is 0 Å². The minimum Gasteiger partial charge on any atom is -0.378 e. The molecule has 1 aliphatic heterocycles. The lowest BCUT2D eigenvalue weighted by Gasteiger charge is -2.41. The summed E-state index contributed by atoms with van der Waals surface area (Å²) in [7, 11) is 0. The van der Waals surface area contributed by atoms with Crippen molar-refractivity contribution in [3.05, 3.63) is 12.2 Å². The van der Waals surface area contributed by atoms with Gasteiger partial charge in [-0.25, -0.2) is 0 Å². The summed E-state index contributed by atoms with van der Waals surface area (Å²) in [5.41, 5.74) is 0.180. The topological polar surface area (TPSA) is 12.5 Å². The lowest BCUT2D eigenvalue weighted by molar-refractivity contribution is -0.0450. The van der Waals surface area contributed by atoms with E-state index >= 15 is 0 Å². The maximum atomic E-state index is 5.44. The van der Waals surface area contributed by atoms with Gasteiger partial charge in [0.25, 0.3) is 0 Å². The van der Waals surface area contributed by atoms with E-state index in [0.29, 0.717) is 0 Å². The SMILES string of the molecule is CC1(C)COCCN1C/C=C/CS. The van der Waals surface area contributed by atoms with Gasteiger partial charge in [-0.3, -0.25) is 4.90 Å². The molecule has 0 radical (unpaired) electrons. The molecule has 0 bridgehead atoms. The molecule has 0 atom stereocenters. The van der Waals surface area contributed by atoms with Gasteiger partial charge in [0.15, 0.2) is 0 Å². The van der Waals surface area contributed by atoms with Gasteiger partial charge in [0.05, 0.1) is 13.2 Å². The summed E-state index contributed by atoms with van der Waals surface area (Å²) >= 11 is 4.13. The van der Waals surface area contributed by atoms with Gasteiger partial charge < -0.3 is 4.74 Å². The summed E-state index contributed by atoms with van der Waals surface area (Å²) in [5, 5.41) is 0. The second-order valence-corrected chi connectivity index (χ2v) is 4.33. The van der Waals surface area contributed by atoms with Crippen LogP contribution in [0, 0.1) is 0 Å². The zero-order valence-electron chi connectivity index (χ0n) is 8.49. The molecular formula is C10H19NOS. The average molecular weight is 201 g/mol. The molecule has 3 heteroatoms. The molecule has 1 fully saturated rings. The van der Waals surface area contributed by atoms with Crippen molar-refractivity contribution in [3.8, 4) is 0 Å². The Labute approximate surface area is 86.4 Å². The highest BCUT2D eigenvalue weighted by atomic mass is 32.1. The van der Waals surface area contributed by atoms with Gasteiger partial charge in [0.2, 0.25) is 0 Å². The Morgan fingerprint density at radius 3 is 2.85 bits per heavy atom. The zero-order chi connectivity index (χ0) is 9.73. The molecule has 1 heterocycles. The summed E-state index contributed by atoms with van der Waals surface area (Å²) in [6, 6.07) is 0. The molecule has 0 aliphatic carbocycles. The number of hydrogen-bond donors (Lipinski definition) is 1. The van der Waals surface area contributed by atoms with Gasteiger partial charge in [-0.1, -0.05) is 12.2 Å². The number of hydrogen-bond acceptors (Lipinski definition) is 3. The zero-order valence-corrected chi connectivity index (χ0v) is 9.39. The Bertz CT molecular complexity index is 180. The molecule has 0 aromatic carbocycles. The van der Waals surface area contributed by atoms with Crippen LogP contribution in [0.2, 0.25) is 0 Å². The van der Waals surface area contributed by atoms with Crippen LogP contribution in [0.4, 0.5) is 0 Å². The second kappa shape index (κ2) is 5.03. The summed E-state index contributed by atoms with van der Waals surface area (Å²) in [6.45, 7) is 8.18. The van der Waals surface area contributed by atoms with Gasteiger partial charge in [-0.05, 0) is 13.8 Å². The van der Waals surface area contributed by atoms with Crippen molar-refractivity contribution < 1.29 is 4.74 Å². The van der Waals surface area contributed by atoms with Crippen LogP contribution in [0.1, 0.15) is 13.8 Å². The number of nitrogens with zero attached hydrogens (tertiary/aromatic N) is 1. The molecule has 0 unspecified atom stereocenters. The number of ether oxygens (including phenoxy) is 1. The summed E-state index contributed by atoms with van der Waals surface area (Å²) < 4.78 is 5.44. The molecule has 0 saturated carbocycles. The van der Waals surface area contributed by atoms with Crippen LogP contribution in [0.5, 0.6) is 0 Å². The fourth-order valence-electron chi connectivity index (χ4n) is 1.51. The minimum absolute atomic E-state index is 0.180. The predicted octanol–water partition coefficient (Wildman–Crippen LogP) is 1.58. The van der Waals surface area contributed by atoms with Gasteiger partial charge in [0.1, 0.15) is 0 Å². The normalized spacial score (nSPS) is 23.9. The van der Waals surface area contributed by atoms with E-state index in [-0.39, 0.29) is 5.54 Å². The molecule has 0 spiro atoms. The third kappa shape index (κ3) is 3.33. The van der Waals surface area contributed by atoms with E-state index in [0.717, 1.165) is 32.1 Å². The van der Waals surface area contributed by atoms with Crippen LogP contribution in [0.3, 0.4) is 0 Å². The Morgan fingerprint density at radius 2 is 2.23 bits per heavy atom. The van der Waals surface area contributed by atoms with Crippen LogP contribution >= 0.6 is 12.6 Å². The second-order valence-electron chi connectivity index (χ2n) is 3.97. The Morgan fingerprint density at radius 1 is 1.46 bits per heavy atom.